The van der Waals surface area contributed by atoms with E-state index in [0.29, 0.717) is 34.5 Å². The van der Waals surface area contributed by atoms with Gasteiger partial charge < -0.3 is 15.4 Å². The number of nitrogens with zero attached hydrogens (tertiary/aromatic N) is 2. The number of aromatic nitrogens is 2. The van der Waals surface area contributed by atoms with Gasteiger partial charge in [-0.15, -0.1) is 0 Å². The molecule has 7 heteroatoms. The Morgan fingerprint density at radius 2 is 1.86 bits per heavy atom. The van der Waals surface area contributed by atoms with E-state index >= 15 is 0 Å². The summed E-state index contributed by atoms with van der Waals surface area (Å²) in [5, 5.41) is 6.58. The molecule has 0 aliphatic rings. The lowest BCUT2D eigenvalue weighted by atomic mass is 10.1. The number of methoxy groups -OCH3 is 1. The Bertz CT molecular complexity index is 947. The Balaban J connectivity index is 1.60. The molecule has 0 radical (unpaired) electrons. The number of hydrogen-bond donors (Lipinski definition) is 2. The van der Waals surface area contributed by atoms with E-state index in [1.54, 1.807) is 13.2 Å². The second-order valence-corrected chi connectivity index (χ2v) is 6.62. The number of anilines is 2. The van der Waals surface area contributed by atoms with Crippen LogP contribution in [-0.2, 0) is 6.42 Å². The molecule has 2 N–H and O–H groups in total. The average Bonchev–Trinajstić information content (AvgIpc) is 2.72. The zero-order valence-corrected chi connectivity index (χ0v) is 16.5. The maximum Gasteiger partial charge on any atom is 0.254 e. The Hall–Kier alpha value is -3.12. The van der Waals surface area contributed by atoms with Gasteiger partial charge in [-0.05, 0) is 30.5 Å². The fourth-order valence-corrected chi connectivity index (χ4v) is 2.78. The number of rotatable bonds is 7. The third kappa shape index (κ3) is 4.98. The van der Waals surface area contributed by atoms with Crippen LogP contribution in [0.15, 0.2) is 54.9 Å². The predicted octanol–water partition coefficient (Wildman–Crippen LogP) is 4.16. The summed E-state index contributed by atoms with van der Waals surface area (Å²) in [7, 11) is 1.57. The molecule has 144 valence electrons. The summed E-state index contributed by atoms with van der Waals surface area (Å²) in [6, 6.07) is 13.6. The van der Waals surface area contributed by atoms with Crippen LogP contribution in [0.4, 0.5) is 11.6 Å². The molecule has 0 atom stereocenters. The second kappa shape index (κ2) is 9.19. The third-order valence-electron chi connectivity index (χ3n) is 4.18. The summed E-state index contributed by atoms with van der Waals surface area (Å²) in [6.07, 6.45) is 3.74. The van der Waals surface area contributed by atoms with Crippen LogP contribution in [0, 0.1) is 6.92 Å². The summed E-state index contributed by atoms with van der Waals surface area (Å²) in [5.41, 5.74) is 3.17. The SMILES string of the molecule is COc1cc(Cl)c(C)cc1Nc1ncc(C(=O)NCCc2ccccc2)cn1. The van der Waals surface area contributed by atoms with E-state index in [9.17, 15) is 4.79 Å². The molecule has 0 saturated heterocycles. The summed E-state index contributed by atoms with van der Waals surface area (Å²) in [5.74, 6) is 0.741. The molecular weight excluding hydrogens is 376 g/mol. The zero-order valence-electron chi connectivity index (χ0n) is 15.7. The number of halogens is 1. The van der Waals surface area contributed by atoms with Gasteiger partial charge >= 0.3 is 0 Å². The number of benzene rings is 2. The van der Waals surface area contributed by atoms with Crippen molar-refractivity contribution >= 4 is 29.1 Å². The van der Waals surface area contributed by atoms with Gasteiger partial charge in [0, 0.05) is 30.0 Å². The van der Waals surface area contributed by atoms with E-state index in [1.807, 2.05) is 43.3 Å². The van der Waals surface area contributed by atoms with Crippen LogP contribution in [-0.4, -0.2) is 29.5 Å². The smallest absolute Gasteiger partial charge is 0.254 e. The van der Waals surface area contributed by atoms with Gasteiger partial charge in [0.1, 0.15) is 5.75 Å². The Kier molecular flexibility index (Phi) is 6.45. The highest BCUT2D eigenvalue weighted by molar-refractivity contribution is 6.31. The molecule has 3 rings (SSSR count). The molecule has 0 aliphatic heterocycles. The van der Waals surface area contributed by atoms with Gasteiger partial charge in [-0.1, -0.05) is 41.9 Å². The number of amides is 1. The molecule has 0 fully saturated rings. The topological polar surface area (TPSA) is 76.1 Å². The highest BCUT2D eigenvalue weighted by Gasteiger charge is 2.10. The summed E-state index contributed by atoms with van der Waals surface area (Å²) < 4.78 is 5.33. The molecule has 0 spiro atoms. The molecule has 0 unspecified atom stereocenters. The van der Waals surface area contributed by atoms with Crippen LogP contribution in [0.2, 0.25) is 5.02 Å². The van der Waals surface area contributed by atoms with Crippen molar-refractivity contribution in [1.29, 1.82) is 0 Å². The molecular formula is C21H21ClN4O2. The van der Waals surface area contributed by atoms with Crippen LogP contribution in [0.3, 0.4) is 0 Å². The molecule has 3 aromatic rings. The average molecular weight is 397 g/mol. The number of carbonyl (C=O) groups excluding carboxylic acids is 1. The van der Waals surface area contributed by atoms with E-state index in [4.69, 9.17) is 16.3 Å². The summed E-state index contributed by atoms with van der Waals surface area (Å²) in [4.78, 5) is 20.7. The van der Waals surface area contributed by atoms with Gasteiger partial charge in [-0.25, -0.2) is 9.97 Å². The minimum absolute atomic E-state index is 0.206. The van der Waals surface area contributed by atoms with Crippen LogP contribution in [0.25, 0.3) is 0 Å². The summed E-state index contributed by atoms with van der Waals surface area (Å²) in [6.45, 7) is 2.45. The first-order valence-electron chi connectivity index (χ1n) is 8.82. The number of ether oxygens (including phenoxy) is 1. The predicted molar refractivity (Wildman–Crippen MR) is 111 cm³/mol. The Morgan fingerprint density at radius 1 is 1.14 bits per heavy atom. The van der Waals surface area contributed by atoms with Crippen LogP contribution in [0.1, 0.15) is 21.5 Å². The van der Waals surface area contributed by atoms with Crippen LogP contribution in [0.5, 0.6) is 5.75 Å². The van der Waals surface area contributed by atoms with Crippen molar-refractivity contribution in [3.8, 4) is 5.75 Å². The standard InChI is InChI=1S/C21H21ClN4O2/c1-14-10-18(19(28-2)11-17(14)22)26-21-24-12-16(13-25-21)20(27)23-9-8-15-6-4-3-5-7-15/h3-7,10-13H,8-9H2,1-2H3,(H,23,27)(H,24,25,26). The van der Waals surface area contributed by atoms with E-state index < -0.39 is 0 Å². The fraction of sp³-hybridized carbons (Fsp3) is 0.190. The van der Waals surface area contributed by atoms with Crippen molar-refractivity contribution in [2.45, 2.75) is 13.3 Å². The lowest BCUT2D eigenvalue weighted by molar-refractivity contribution is 0.0953. The maximum absolute atomic E-state index is 12.2. The number of carbonyl (C=O) groups is 1. The minimum Gasteiger partial charge on any atom is -0.495 e. The summed E-state index contributed by atoms with van der Waals surface area (Å²) >= 11 is 6.12. The second-order valence-electron chi connectivity index (χ2n) is 6.21. The van der Waals surface area contributed by atoms with Gasteiger partial charge in [0.05, 0.1) is 18.4 Å². The monoisotopic (exact) mass is 396 g/mol. The van der Waals surface area contributed by atoms with Crippen LogP contribution >= 0.6 is 11.6 Å². The van der Waals surface area contributed by atoms with Gasteiger partial charge in [0.2, 0.25) is 5.95 Å². The molecule has 28 heavy (non-hydrogen) atoms. The fourth-order valence-electron chi connectivity index (χ4n) is 2.63. The van der Waals surface area contributed by atoms with Gasteiger partial charge in [0.15, 0.2) is 0 Å². The van der Waals surface area contributed by atoms with Crippen molar-refractivity contribution in [3.05, 3.63) is 76.6 Å². The molecule has 0 bridgehead atoms. The number of aryl methyl sites for hydroxylation is 1. The third-order valence-corrected chi connectivity index (χ3v) is 4.59. The van der Waals surface area contributed by atoms with Crippen molar-refractivity contribution in [2.75, 3.05) is 19.0 Å². The van der Waals surface area contributed by atoms with E-state index in [-0.39, 0.29) is 5.91 Å². The van der Waals surface area contributed by atoms with Crippen molar-refractivity contribution in [2.24, 2.45) is 0 Å². The van der Waals surface area contributed by atoms with Gasteiger partial charge in [-0.2, -0.15) is 0 Å². The van der Waals surface area contributed by atoms with Crippen molar-refractivity contribution in [1.82, 2.24) is 15.3 Å². The van der Waals surface area contributed by atoms with Crippen molar-refractivity contribution in [3.63, 3.8) is 0 Å². The molecule has 1 aromatic heterocycles. The van der Waals surface area contributed by atoms with Crippen LogP contribution < -0.4 is 15.4 Å². The Labute approximate surface area is 168 Å². The van der Waals surface area contributed by atoms with E-state index in [0.717, 1.165) is 12.0 Å². The molecule has 1 heterocycles. The minimum atomic E-state index is -0.206. The first-order chi connectivity index (χ1) is 13.6. The molecule has 1 amide bonds. The lowest BCUT2D eigenvalue weighted by Crippen LogP contribution is -2.26. The van der Waals surface area contributed by atoms with E-state index in [2.05, 4.69) is 20.6 Å². The largest absolute Gasteiger partial charge is 0.495 e. The first kappa shape index (κ1) is 19.6. The van der Waals surface area contributed by atoms with Gasteiger partial charge in [0.25, 0.3) is 5.91 Å². The molecule has 0 saturated carbocycles. The highest BCUT2D eigenvalue weighted by atomic mass is 35.5. The number of hydrogen-bond acceptors (Lipinski definition) is 5. The molecule has 2 aromatic carbocycles. The molecule has 6 nitrogen and oxygen atoms in total. The molecule has 0 aliphatic carbocycles. The first-order valence-corrected chi connectivity index (χ1v) is 9.20. The highest BCUT2D eigenvalue weighted by Crippen LogP contribution is 2.32. The Morgan fingerprint density at radius 3 is 2.54 bits per heavy atom. The van der Waals surface area contributed by atoms with E-state index in [1.165, 1.54) is 18.0 Å². The maximum atomic E-state index is 12.2. The zero-order chi connectivity index (χ0) is 19.9. The number of nitrogens with one attached hydrogen (secondary N) is 2. The lowest BCUT2D eigenvalue weighted by Gasteiger charge is -2.12. The normalized spacial score (nSPS) is 10.4. The van der Waals surface area contributed by atoms with Crippen molar-refractivity contribution < 1.29 is 9.53 Å². The van der Waals surface area contributed by atoms with Gasteiger partial charge in [-0.3, -0.25) is 4.79 Å². The quantitative estimate of drug-likeness (QED) is 0.627.